The Labute approximate surface area is 104 Å². The van der Waals surface area contributed by atoms with Gasteiger partial charge in [-0.1, -0.05) is 6.07 Å². The van der Waals surface area contributed by atoms with Crippen molar-refractivity contribution in [1.82, 2.24) is 20.1 Å². The zero-order valence-corrected chi connectivity index (χ0v) is 9.71. The van der Waals surface area contributed by atoms with Crippen LogP contribution < -0.4 is 5.32 Å². The average molecular weight is 248 g/mol. The van der Waals surface area contributed by atoms with Crippen molar-refractivity contribution >= 4 is 5.91 Å². The van der Waals surface area contributed by atoms with Crippen LogP contribution in [-0.2, 0) is 6.54 Å². The molecule has 18 heavy (non-hydrogen) atoms. The maximum atomic E-state index is 12.9. The summed E-state index contributed by atoms with van der Waals surface area (Å²) in [7, 11) is 0. The second-order valence-corrected chi connectivity index (χ2v) is 3.78. The summed E-state index contributed by atoms with van der Waals surface area (Å²) in [5, 5.41) is 6.67. The molecular formula is C12H13FN4O. The SMILES string of the molecule is O=C(NCCCn1cncn1)c1cccc(F)c1. The second-order valence-electron chi connectivity index (χ2n) is 3.78. The molecule has 6 heteroatoms. The van der Waals surface area contributed by atoms with E-state index in [1.807, 2.05) is 0 Å². The Morgan fingerprint density at radius 2 is 2.33 bits per heavy atom. The van der Waals surface area contributed by atoms with Gasteiger partial charge >= 0.3 is 0 Å². The number of carbonyl (C=O) groups is 1. The van der Waals surface area contributed by atoms with E-state index in [-0.39, 0.29) is 5.91 Å². The van der Waals surface area contributed by atoms with Gasteiger partial charge in [0.25, 0.3) is 5.91 Å². The fourth-order valence-corrected chi connectivity index (χ4v) is 1.52. The highest BCUT2D eigenvalue weighted by atomic mass is 19.1. The fraction of sp³-hybridized carbons (Fsp3) is 0.250. The van der Waals surface area contributed by atoms with E-state index in [1.165, 1.54) is 24.5 Å². The van der Waals surface area contributed by atoms with Gasteiger partial charge in [-0.15, -0.1) is 0 Å². The number of rotatable bonds is 5. The highest BCUT2D eigenvalue weighted by molar-refractivity contribution is 5.94. The molecule has 1 aromatic heterocycles. The third-order valence-electron chi connectivity index (χ3n) is 2.40. The predicted octanol–water partition coefficient (Wildman–Crippen LogP) is 1.24. The Kier molecular flexibility index (Phi) is 4.01. The monoisotopic (exact) mass is 248 g/mol. The van der Waals surface area contributed by atoms with Gasteiger partial charge in [0.1, 0.15) is 18.5 Å². The van der Waals surface area contributed by atoms with E-state index in [1.54, 1.807) is 17.1 Å². The Hall–Kier alpha value is -2.24. The Morgan fingerprint density at radius 3 is 3.06 bits per heavy atom. The van der Waals surface area contributed by atoms with E-state index in [0.717, 1.165) is 6.42 Å². The average Bonchev–Trinajstić information content (AvgIpc) is 2.87. The minimum absolute atomic E-state index is 0.270. The summed E-state index contributed by atoms with van der Waals surface area (Å²) in [6.45, 7) is 1.19. The van der Waals surface area contributed by atoms with Gasteiger partial charge in [-0.2, -0.15) is 5.10 Å². The van der Waals surface area contributed by atoms with Gasteiger partial charge < -0.3 is 5.32 Å². The van der Waals surface area contributed by atoms with Crippen LogP contribution in [0.1, 0.15) is 16.8 Å². The van der Waals surface area contributed by atoms with Crippen molar-refractivity contribution in [2.75, 3.05) is 6.54 Å². The first-order chi connectivity index (χ1) is 8.75. The molecule has 1 amide bonds. The highest BCUT2D eigenvalue weighted by Crippen LogP contribution is 2.03. The van der Waals surface area contributed by atoms with Crippen LogP contribution in [0, 0.1) is 5.82 Å². The maximum Gasteiger partial charge on any atom is 0.251 e. The van der Waals surface area contributed by atoms with E-state index in [2.05, 4.69) is 15.4 Å². The van der Waals surface area contributed by atoms with Gasteiger partial charge in [-0.05, 0) is 24.6 Å². The van der Waals surface area contributed by atoms with Crippen LogP contribution in [0.5, 0.6) is 0 Å². The number of hydrogen-bond donors (Lipinski definition) is 1. The van der Waals surface area contributed by atoms with E-state index >= 15 is 0 Å². The Morgan fingerprint density at radius 1 is 1.44 bits per heavy atom. The first-order valence-electron chi connectivity index (χ1n) is 5.62. The highest BCUT2D eigenvalue weighted by Gasteiger charge is 2.05. The molecule has 2 aromatic rings. The molecule has 1 aromatic carbocycles. The molecule has 2 rings (SSSR count). The first-order valence-corrected chi connectivity index (χ1v) is 5.62. The molecule has 1 heterocycles. The smallest absolute Gasteiger partial charge is 0.251 e. The van der Waals surface area contributed by atoms with Gasteiger partial charge in [0.2, 0.25) is 0 Å². The summed E-state index contributed by atoms with van der Waals surface area (Å²) in [5.41, 5.74) is 0.329. The normalized spacial score (nSPS) is 10.3. The minimum Gasteiger partial charge on any atom is -0.352 e. The topological polar surface area (TPSA) is 59.8 Å². The molecule has 0 bridgehead atoms. The lowest BCUT2D eigenvalue weighted by atomic mass is 10.2. The molecule has 0 aliphatic rings. The molecular weight excluding hydrogens is 235 g/mol. The maximum absolute atomic E-state index is 12.9. The summed E-state index contributed by atoms with van der Waals surface area (Å²) in [6, 6.07) is 5.61. The van der Waals surface area contributed by atoms with E-state index in [0.29, 0.717) is 18.7 Å². The van der Waals surface area contributed by atoms with Gasteiger partial charge in [0, 0.05) is 18.7 Å². The number of benzene rings is 1. The van der Waals surface area contributed by atoms with Crippen LogP contribution in [0.25, 0.3) is 0 Å². The first kappa shape index (κ1) is 12.2. The molecule has 1 N–H and O–H groups in total. The van der Waals surface area contributed by atoms with Crippen LogP contribution in [0.4, 0.5) is 4.39 Å². The molecule has 0 saturated heterocycles. The van der Waals surface area contributed by atoms with E-state index in [9.17, 15) is 9.18 Å². The van der Waals surface area contributed by atoms with Crippen molar-refractivity contribution in [3.63, 3.8) is 0 Å². The Balaban J connectivity index is 1.75. The third-order valence-corrected chi connectivity index (χ3v) is 2.40. The molecule has 0 spiro atoms. The van der Waals surface area contributed by atoms with Crippen LogP contribution in [0.3, 0.4) is 0 Å². The number of nitrogens with one attached hydrogen (secondary N) is 1. The quantitative estimate of drug-likeness (QED) is 0.810. The van der Waals surface area contributed by atoms with Crippen molar-refractivity contribution in [3.05, 3.63) is 48.3 Å². The molecule has 0 saturated carbocycles. The zero-order chi connectivity index (χ0) is 12.8. The van der Waals surface area contributed by atoms with Crippen molar-refractivity contribution in [1.29, 1.82) is 0 Å². The molecule has 0 radical (unpaired) electrons. The molecule has 0 fully saturated rings. The number of aryl methyl sites for hydroxylation is 1. The van der Waals surface area contributed by atoms with Crippen molar-refractivity contribution in [3.8, 4) is 0 Å². The number of amides is 1. The second kappa shape index (κ2) is 5.90. The van der Waals surface area contributed by atoms with Crippen molar-refractivity contribution in [2.24, 2.45) is 0 Å². The number of carbonyl (C=O) groups excluding carboxylic acids is 1. The summed E-state index contributed by atoms with van der Waals surface area (Å²) < 4.78 is 14.6. The van der Waals surface area contributed by atoms with Gasteiger partial charge in [-0.25, -0.2) is 9.37 Å². The van der Waals surface area contributed by atoms with E-state index in [4.69, 9.17) is 0 Å². The lowest BCUT2D eigenvalue weighted by Gasteiger charge is -2.05. The standard InChI is InChI=1S/C12H13FN4O/c13-11-4-1-3-10(7-11)12(18)15-5-2-6-17-9-14-8-16-17/h1,3-4,7-9H,2,5-6H2,(H,15,18). The number of halogens is 1. The van der Waals surface area contributed by atoms with Crippen molar-refractivity contribution in [2.45, 2.75) is 13.0 Å². The summed E-state index contributed by atoms with van der Waals surface area (Å²) in [5.74, 6) is -0.682. The summed E-state index contributed by atoms with van der Waals surface area (Å²) in [6.07, 6.45) is 3.82. The minimum atomic E-state index is -0.412. The molecule has 0 unspecified atom stereocenters. The van der Waals surface area contributed by atoms with Crippen molar-refractivity contribution < 1.29 is 9.18 Å². The number of nitrogens with zero attached hydrogens (tertiary/aromatic N) is 3. The molecule has 94 valence electrons. The van der Waals surface area contributed by atoms with Crippen LogP contribution in [0.15, 0.2) is 36.9 Å². The lowest BCUT2D eigenvalue weighted by Crippen LogP contribution is -2.25. The molecule has 0 atom stereocenters. The molecule has 0 aliphatic heterocycles. The molecule has 0 aliphatic carbocycles. The number of aromatic nitrogens is 3. The van der Waals surface area contributed by atoms with Gasteiger partial charge in [0.15, 0.2) is 0 Å². The summed E-state index contributed by atoms with van der Waals surface area (Å²) in [4.78, 5) is 15.5. The predicted molar refractivity (Wildman–Crippen MR) is 63.4 cm³/mol. The van der Waals surface area contributed by atoms with Gasteiger partial charge in [-0.3, -0.25) is 9.48 Å². The largest absolute Gasteiger partial charge is 0.352 e. The summed E-state index contributed by atoms with van der Waals surface area (Å²) >= 11 is 0. The zero-order valence-electron chi connectivity index (χ0n) is 9.71. The van der Waals surface area contributed by atoms with Crippen LogP contribution in [0.2, 0.25) is 0 Å². The lowest BCUT2D eigenvalue weighted by molar-refractivity contribution is 0.0952. The molecule has 5 nitrogen and oxygen atoms in total. The Bertz CT molecular complexity index is 513. The van der Waals surface area contributed by atoms with Crippen LogP contribution >= 0.6 is 0 Å². The van der Waals surface area contributed by atoms with Crippen LogP contribution in [-0.4, -0.2) is 27.2 Å². The van der Waals surface area contributed by atoms with E-state index < -0.39 is 5.82 Å². The third kappa shape index (κ3) is 3.38. The fourth-order valence-electron chi connectivity index (χ4n) is 1.52. The van der Waals surface area contributed by atoms with Gasteiger partial charge in [0.05, 0.1) is 0 Å². The number of hydrogen-bond acceptors (Lipinski definition) is 3.